The third-order valence-corrected chi connectivity index (χ3v) is 5.39. The summed E-state index contributed by atoms with van der Waals surface area (Å²) in [6.45, 7) is 4.29. The predicted molar refractivity (Wildman–Crippen MR) is 86.6 cm³/mol. The zero-order chi connectivity index (χ0) is 16.4. The Balaban J connectivity index is 1.67. The molecule has 1 aromatic rings. The van der Waals surface area contributed by atoms with Crippen LogP contribution in [-0.2, 0) is 16.0 Å². The lowest BCUT2D eigenvalue weighted by Gasteiger charge is -2.30. The number of amides is 1. The summed E-state index contributed by atoms with van der Waals surface area (Å²) in [7, 11) is 3.86. The Labute approximate surface area is 137 Å². The number of rotatable bonds is 4. The summed E-state index contributed by atoms with van der Waals surface area (Å²) < 4.78 is 19.1. The van der Waals surface area contributed by atoms with Crippen LogP contribution in [0.1, 0.15) is 12.0 Å². The molecule has 4 nitrogen and oxygen atoms in total. The highest BCUT2D eigenvalue weighted by atomic mass is 19.1. The number of methoxy groups -OCH3 is 1. The summed E-state index contributed by atoms with van der Waals surface area (Å²) in [6, 6.07) is 6.53. The van der Waals surface area contributed by atoms with Crippen molar-refractivity contribution in [2.24, 2.45) is 11.3 Å². The first-order valence-electron chi connectivity index (χ1n) is 8.23. The lowest BCUT2D eigenvalue weighted by atomic mass is 9.77. The molecule has 2 saturated heterocycles. The minimum Gasteiger partial charge on any atom is -0.384 e. The van der Waals surface area contributed by atoms with Crippen LogP contribution >= 0.6 is 0 Å². The maximum atomic E-state index is 13.8. The van der Waals surface area contributed by atoms with E-state index in [4.69, 9.17) is 4.74 Å². The van der Waals surface area contributed by atoms with Crippen LogP contribution in [0.4, 0.5) is 4.39 Å². The molecule has 3 rings (SSSR count). The number of halogens is 1. The summed E-state index contributed by atoms with van der Waals surface area (Å²) in [4.78, 5) is 16.8. The van der Waals surface area contributed by atoms with Gasteiger partial charge in [-0.1, -0.05) is 18.2 Å². The van der Waals surface area contributed by atoms with E-state index in [9.17, 15) is 9.18 Å². The van der Waals surface area contributed by atoms with Crippen molar-refractivity contribution >= 4 is 5.91 Å². The van der Waals surface area contributed by atoms with Crippen LogP contribution in [0, 0.1) is 17.2 Å². The van der Waals surface area contributed by atoms with Crippen LogP contribution in [0.5, 0.6) is 0 Å². The van der Waals surface area contributed by atoms with Crippen LogP contribution < -0.4 is 0 Å². The summed E-state index contributed by atoms with van der Waals surface area (Å²) in [5.74, 6) is 0.189. The van der Waals surface area contributed by atoms with Gasteiger partial charge in [-0.2, -0.15) is 0 Å². The maximum Gasteiger partial charge on any atom is 0.227 e. The Morgan fingerprint density at radius 3 is 2.91 bits per heavy atom. The Hall–Kier alpha value is -1.46. The summed E-state index contributed by atoms with van der Waals surface area (Å²) >= 11 is 0. The fourth-order valence-corrected chi connectivity index (χ4v) is 4.22. The number of ether oxygens (including phenoxy) is 1. The highest BCUT2D eigenvalue weighted by Gasteiger charge is 2.50. The molecule has 5 heteroatoms. The molecule has 0 aromatic heterocycles. The van der Waals surface area contributed by atoms with Gasteiger partial charge in [-0.3, -0.25) is 4.79 Å². The Kier molecular flexibility index (Phi) is 4.69. The van der Waals surface area contributed by atoms with Gasteiger partial charge in [0.2, 0.25) is 5.91 Å². The van der Waals surface area contributed by atoms with Gasteiger partial charge in [-0.15, -0.1) is 0 Å². The second kappa shape index (κ2) is 6.57. The van der Waals surface area contributed by atoms with Crippen molar-refractivity contribution in [2.75, 3.05) is 46.9 Å². The monoisotopic (exact) mass is 320 g/mol. The third kappa shape index (κ3) is 3.26. The second-order valence-corrected chi connectivity index (χ2v) is 7.04. The standard InChI is InChI=1S/C18H25FN2O2/c1-20-10-15(11-23-2)18(12-20)7-8-21(13-18)17(22)9-14-5-3-4-6-16(14)19/h3-6,15H,7-13H2,1-2H3/t15-,18-/m1/s1. The van der Waals surface area contributed by atoms with Gasteiger partial charge in [0.25, 0.3) is 0 Å². The molecule has 126 valence electrons. The number of carbonyl (C=O) groups is 1. The summed E-state index contributed by atoms with van der Waals surface area (Å²) in [5.41, 5.74) is 0.616. The van der Waals surface area contributed by atoms with E-state index < -0.39 is 0 Å². The van der Waals surface area contributed by atoms with Gasteiger partial charge in [0, 0.05) is 44.6 Å². The molecule has 2 heterocycles. The number of benzene rings is 1. The summed E-state index contributed by atoms with van der Waals surface area (Å²) in [5, 5.41) is 0. The molecule has 1 aromatic carbocycles. The van der Waals surface area contributed by atoms with Crippen molar-refractivity contribution in [3.05, 3.63) is 35.6 Å². The minimum atomic E-state index is -0.299. The van der Waals surface area contributed by atoms with E-state index in [2.05, 4.69) is 11.9 Å². The average Bonchev–Trinajstić information content (AvgIpc) is 3.07. The first kappa shape index (κ1) is 16.4. The number of hydrogen-bond donors (Lipinski definition) is 0. The molecule has 23 heavy (non-hydrogen) atoms. The van der Waals surface area contributed by atoms with Crippen molar-refractivity contribution in [2.45, 2.75) is 12.8 Å². The molecule has 0 unspecified atom stereocenters. The molecule has 2 aliphatic rings. The van der Waals surface area contributed by atoms with Crippen LogP contribution in [0.2, 0.25) is 0 Å². The first-order valence-corrected chi connectivity index (χ1v) is 8.23. The van der Waals surface area contributed by atoms with Crippen molar-refractivity contribution < 1.29 is 13.9 Å². The molecular weight excluding hydrogens is 295 g/mol. The average molecular weight is 320 g/mol. The van der Waals surface area contributed by atoms with Gasteiger partial charge < -0.3 is 14.5 Å². The van der Waals surface area contributed by atoms with Crippen molar-refractivity contribution in [1.29, 1.82) is 0 Å². The molecule has 0 N–H and O–H groups in total. The molecule has 2 atom stereocenters. The quantitative estimate of drug-likeness (QED) is 0.848. The number of hydrogen-bond acceptors (Lipinski definition) is 3. The van der Waals surface area contributed by atoms with E-state index in [0.717, 1.165) is 39.2 Å². The molecule has 2 aliphatic heterocycles. The number of nitrogens with zero attached hydrogens (tertiary/aromatic N) is 2. The molecular formula is C18H25FN2O2. The van der Waals surface area contributed by atoms with E-state index in [1.807, 2.05) is 4.90 Å². The van der Waals surface area contributed by atoms with Gasteiger partial charge in [-0.05, 0) is 25.1 Å². The van der Waals surface area contributed by atoms with Crippen LogP contribution in [-0.4, -0.2) is 62.7 Å². The normalized spacial score (nSPS) is 28.0. The van der Waals surface area contributed by atoms with Gasteiger partial charge in [0.15, 0.2) is 0 Å². The zero-order valence-corrected chi connectivity index (χ0v) is 13.9. The first-order chi connectivity index (χ1) is 11.0. The fourth-order valence-electron chi connectivity index (χ4n) is 4.22. The number of likely N-dealkylation sites (tertiary alicyclic amines) is 2. The lowest BCUT2D eigenvalue weighted by molar-refractivity contribution is -0.130. The minimum absolute atomic E-state index is 0.0256. The van der Waals surface area contributed by atoms with Gasteiger partial charge in [0.05, 0.1) is 13.0 Å². The van der Waals surface area contributed by atoms with Crippen LogP contribution in [0.15, 0.2) is 24.3 Å². The highest BCUT2D eigenvalue weighted by molar-refractivity contribution is 5.79. The predicted octanol–water partition coefficient (Wildman–Crippen LogP) is 1.79. The van der Waals surface area contributed by atoms with E-state index in [-0.39, 0.29) is 23.6 Å². The maximum absolute atomic E-state index is 13.8. The van der Waals surface area contributed by atoms with Gasteiger partial charge in [-0.25, -0.2) is 4.39 Å². The van der Waals surface area contributed by atoms with E-state index >= 15 is 0 Å². The van der Waals surface area contributed by atoms with Crippen LogP contribution in [0.25, 0.3) is 0 Å². The van der Waals surface area contributed by atoms with Crippen LogP contribution in [0.3, 0.4) is 0 Å². The topological polar surface area (TPSA) is 32.8 Å². The highest BCUT2D eigenvalue weighted by Crippen LogP contribution is 2.43. The Morgan fingerprint density at radius 1 is 1.39 bits per heavy atom. The third-order valence-electron chi connectivity index (χ3n) is 5.39. The fraction of sp³-hybridized carbons (Fsp3) is 0.611. The lowest BCUT2D eigenvalue weighted by Crippen LogP contribution is -2.38. The van der Waals surface area contributed by atoms with Gasteiger partial charge in [0.1, 0.15) is 5.82 Å². The Bertz CT molecular complexity index is 580. The zero-order valence-electron chi connectivity index (χ0n) is 13.9. The van der Waals surface area contributed by atoms with E-state index in [0.29, 0.717) is 11.5 Å². The molecule has 0 aliphatic carbocycles. The van der Waals surface area contributed by atoms with Crippen molar-refractivity contribution in [3.8, 4) is 0 Å². The molecule has 0 radical (unpaired) electrons. The van der Waals surface area contributed by atoms with Gasteiger partial charge >= 0.3 is 0 Å². The smallest absolute Gasteiger partial charge is 0.227 e. The molecule has 0 bridgehead atoms. The largest absolute Gasteiger partial charge is 0.384 e. The van der Waals surface area contributed by atoms with Crippen molar-refractivity contribution in [3.63, 3.8) is 0 Å². The Morgan fingerprint density at radius 2 is 2.17 bits per heavy atom. The van der Waals surface area contributed by atoms with Crippen molar-refractivity contribution in [1.82, 2.24) is 9.80 Å². The molecule has 0 saturated carbocycles. The molecule has 2 fully saturated rings. The molecule has 1 amide bonds. The number of carbonyl (C=O) groups excluding carboxylic acids is 1. The molecule has 1 spiro atoms. The SMILES string of the molecule is COC[C@H]1CN(C)C[C@@]12CCN(C(=O)Cc1ccccc1F)C2. The second-order valence-electron chi connectivity index (χ2n) is 7.04. The van der Waals surface area contributed by atoms with E-state index in [1.165, 1.54) is 6.07 Å². The summed E-state index contributed by atoms with van der Waals surface area (Å²) in [6.07, 6.45) is 1.15. The van der Waals surface area contributed by atoms with E-state index in [1.54, 1.807) is 25.3 Å².